The molecule has 0 saturated heterocycles. The molecule has 23 heavy (non-hydrogen) atoms. The van der Waals surface area contributed by atoms with Crippen LogP contribution in [0.2, 0.25) is 0 Å². The van der Waals surface area contributed by atoms with Crippen molar-refractivity contribution in [3.05, 3.63) is 35.4 Å². The monoisotopic (exact) mass is 324 g/mol. The van der Waals surface area contributed by atoms with Crippen LogP contribution in [0, 0.1) is 0 Å². The van der Waals surface area contributed by atoms with Gasteiger partial charge in [0.2, 0.25) is 5.91 Å². The van der Waals surface area contributed by atoms with Crippen LogP contribution in [0.25, 0.3) is 0 Å². The van der Waals surface area contributed by atoms with Gasteiger partial charge in [-0.2, -0.15) is 0 Å². The predicted molar refractivity (Wildman–Crippen MR) is 80.7 cm³/mol. The van der Waals surface area contributed by atoms with E-state index in [-0.39, 0.29) is 30.0 Å². The zero-order valence-electron chi connectivity index (χ0n) is 12.7. The summed E-state index contributed by atoms with van der Waals surface area (Å²) in [5.74, 6) is -2.09. The lowest BCUT2D eigenvalue weighted by Crippen LogP contribution is -2.32. The minimum atomic E-state index is -1.34. The number of benzene rings is 1. The minimum absolute atomic E-state index is 0.0832. The number of aliphatic carboxylic acids is 1. The molecule has 0 bridgehead atoms. The molecule has 0 heterocycles. The standard InChI is InChI=1S/C15H20N2O6/c1-9(18)16-7-6-12(19)14(22)10-4-2-3-5-11(10)15(23)17-8-13(20)21/h2-5,12,14,19,22H,6-8H2,1H3,(H,16,18)(H,17,23)(H,20,21). The molecule has 0 radical (unpaired) electrons. The van der Waals surface area contributed by atoms with E-state index in [2.05, 4.69) is 10.6 Å². The van der Waals surface area contributed by atoms with Gasteiger partial charge in [0.25, 0.3) is 5.91 Å². The summed E-state index contributed by atoms with van der Waals surface area (Å²) in [5.41, 5.74) is 0.269. The van der Waals surface area contributed by atoms with Gasteiger partial charge in [-0.15, -0.1) is 0 Å². The number of carboxylic acid groups (broad SMARTS) is 1. The zero-order chi connectivity index (χ0) is 17.4. The fraction of sp³-hybridized carbons (Fsp3) is 0.400. The smallest absolute Gasteiger partial charge is 0.322 e. The molecule has 126 valence electrons. The molecule has 0 aliphatic carbocycles. The van der Waals surface area contributed by atoms with Crippen LogP contribution in [0.15, 0.2) is 24.3 Å². The third-order valence-corrected chi connectivity index (χ3v) is 3.10. The number of aliphatic hydroxyl groups is 2. The summed E-state index contributed by atoms with van der Waals surface area (Å²) in [4.78, 5) is 33.3. The van der Waals surface area contributed by atoms with Crippen molar-refractivity contribution >= 4 is 17.8 Å². The van der Waals surface area contributed by atoms with Crippen molar-refractivity contribution in [3.63, 3.8) is 0 Å². The van der Waals surface area contributed by atoms with E-state index in [1.165, 1.54) is 19.1 Å². The van der Waals surface area contributed by atoms with Crippen LogP contribution < -0.4 is 10.6 Å². The van der Waals surface area contributed by atoms with Crippen LogP contribution in [0.4, 0.5) is 0 Å². The minimum Gasteiger partial charge on any atom is -0.480 e. The molecular formula is C15H20N2O6. The summed E-state index contributed by atoms with van der Waals surface area (Å²) in [6.07, 6.45) is -2.42. The Bertz CT molecular complexity index is 575. The lowest BCUT2D eigenvalue weighted by molar-refractivity contribution is -0.135. The average Bonchev–Trinajstić information content (AvgIpc) is 2.51. The van der Waals surface area contributed by atoms with Gasteiger partial charge in [-0.3, -0.25) is 14.4 Å². The number of amides is 2. The first-order valence-electron chi connectivity index (χ1n) is 7.02. The Hall–Kier alpha value is -2.45. The van der Waals surface area contributed by atoms with Gasteiger partial charge in [0.1, 0.15) is 12.6 Å². The van der Waals surface area contributed by atoms with Crippen molar-refractivity contribution in [1.82, 2.24) is 10.6 Å². The predicted octanol–water partition coefficient (Wildman–Crippen LogP) is -0.579. The Kier molecular flexibility index (Phi) is 7.17. The Balaban J connectivity index is 2.80. The molecule has 0 aliphatic rings. The second-order valence-electron chi connectivity index (χ2n) is 4.95. The van der Waals surface area contributed by atoms with Crippen molar-refractivity contribution in [2.24, 2.45) is 0 Å². The van der Waals surface area contributed by atoms with E-state index in [0.717, 1.165) is 0 Å². The lowest BCUT2D eigenvalue weighted by atomic mass is 9.96. The zero-order valence-corrected chi connectivity index (χ0v) is 12.7. The molecule has 8 nitrogen and oxygen atoms in total. The third kappa shape index (κ3) is 6.05. The van der Waals surface area contributed by atoms with E-state index < -0.39 is 30.6 Å². The fourth-order valence-corrected chi connectivity index (χ4v) is 1.97. The molecule has 2 atom stereocenters. The number of hydrogen-bond donors (Lipinski definition) is 5. The molecule has 1 aromatic carbocycles. The van der Waals surface area contributed by atoms with Gasteiger partial charge in [0.05, 0.1) is 6.10 Å². The Labute approximate surface area is 133 Å². The van der Waals surface area contributed by atoms with E-state index in [1.807, 2.05) is 0 Å². The number of carbonyl (C=O) groups is 3. The average molecular weight is 324 g/mol. The number of hydrogen-bond acceptors (Lipinski definition) is 5. The van der Waals surface area contributed by atoms with Crippen molar-refractivity contribution in [2.45, 2.75) is 25.6 Å². The van der Waals surface area contributed by atoms with Gasteiger partial charge in [-0.25, -0.2) is 0 Å². The molecule has 8 heteroatoms. The quantitative estimate of drug-likeness (QED) is 0.434. The van der Waals surface area contributed by atoms with Gasteiger partial charge >= 0.3 is 5.97 Å². The molecule has 5 N–H and O–H groups in total. The molecule has 1 aromatic rings. The van der Waals surface area contributed by atoms with Crippen LogP contribution >= 0.6 is 0 Å². The van der Waals surface area contributed by atoms with E-state index >= 15 is 0 Å². The van der Waals surface area contributed by atoms with Crippen LogP contribution in [-0.2, 0) is 9.59 Å². The van der Waals surface area contributed by atoms with Crippen molar-refractivity contribution in [3.8, 4) is 0 Å². The van der Waals surface area contributed by atoms with E-state index in [4.69, 9.17) is 5.11 Å². The number of nitrogens with one attached hydrogen (secondary N) is 2. The van der Waals surface area contributed by atoms with Crippen LogP contribution in [0.3, 0.4) is 0 Å². The first-order valence-corrected chi connectivity index (χ1v) is 7.02. The van der Waals surface area contributed by atoms with Gasteiger partial charge in [0.15, 0.2) is 0 Å². The van der Waals surface area contributed by atoms with E-state index in [1.54, 1.807) is 12.1 Å². The highest BCUT2D eigenvalue weighted by Crippen LogP contribution is 2.22. The van der Waals surface area contributed by atoms with Crippen LogP contribution in [0.1, 0.15) is 35.4 Å². The summed E-state index contributed by atoms with van der Waals surface area (Å²) < 4.78 is 0. The molecule has 0 spiro atoms. The van der Waals surface area contributed by atoms with Crippen molar-refractivity contribution < 1.29 is 29.7 Å². The highest BCUT2D eigenvalue weighted by Gasteiger charge is 2.23. The summed E-state index contributed by atoms with van der Waals surface area (Å²) in [5, 5.41) is 33.5. The highest BCUT2D eigenvalue weighted by atomic mass is 16.4. The summed E-state index contributed by atoms with van der Waals surface area (Å²) >= 11 is 0. The van der Waals surface area contributed by atoms with Crippen LogP contribution in [-0.4, -0.2) is 52.3 Å². The van der Waals surface area contributed by atoms with E-state index in [9.17, 15) is 24.6 Å². The number of carboxylic acids is 1. The number of carbonyl (C=O) groups excluding carboxylic acids is 2. The second kappa shape index (κ2) is 8.86. The lowest BCUT2D eigenvalue weighted by Gasteiger charge is -2.20. The first kappa shape index (κ1) is 18.6. The summed E-state index contributed by atoms with van der Waals surface area (Å²) in [6.45, 7) is 0.972. The van der Waals surface area contributed by atoms with Gasteiger partial charge in [-0.1, -0.05) is 18.2 Å². The van der Waals surface area contributed by atoms with Gasteiger partial charge in [0, 0.05) is 19.0 Å². The molecular weight excluding hydrogens is 304 g/mol. The first-order chi connectivity index (χ1) is 10.8. The molecule has 2 unspecified atom stereocenters. The molecule has 0 aromatic heterocycles. The molecule has 0 aliphatic heterocycles. The Morgan fingerprint density at radius 3 is 2.39 bits per heavy atom. The maximum absolute atomic E-state index is 12.0. The molecule has 0 fully saturated rings. The largest absolute Gasteiger partial charge is 0.480 e. The van der Waals surface area contributed by atoms with Crippen molar-refractivity contribution in [1.29, 1.82) is 0 Å². The fourth-order valence-electron chi connectivity index (χ4n) is 1.97. The molecule has 2 amide bonds. The third-order valence-electron chi connectivity index (χ3n) is 3.10. The maximum atomic E-state index is 12.0. The second-order valence-corrected chi connectivity index (χ2v) is 4.95. The topological polar surface area (TPSA) is 136 Å². The summed E-state index contributed by atoms with van der Waals surface area (Å²) in [6, 6.07) is 6.06. The van der Waals surface area contributed by atoms with E-state index in [0.29, 0.717) is 0 Å². The van der Waals surface area contributed by atoms with Gasteiger partial charge < -0.3 is 26.0 Å². The SMILES string of the molecule is CC(=O)NCCC(O)C(O)c1ccccc1C(=O)NCC(=O)O. The highest BCUT2D eigenvalue weighted by molar-refractivity contribution is 5.97. The number of aliphatic hydroxyl groups excluding tert-OH is 2. The molecule has 0 saturated carbocycles. The van der Waals surface area contributed by atoms with Crippen LogP contribution in [0.5, 0.6) is 0 Å². The van der Waals surface area contributed by atoms with Gasteiger partial charge in [-0.05, 0) is 18.1 Å². The summed E-state index contributed by atoms with van der Waals surface area (Å²) in [7, 11) is 0. The maximum Gasteiger partial charge on any atom is 0.322 e. The normalized spacial score (nSPS) is 13.0. The number of rotatable bonds is 8. The molecule has 1 rings (SSSR count). The van der Waals surface area contributed by atoms with Crippen molar-refractivity contribution in [2.75, 3.05) is 13.1 Å². The Morgan fingerprint density at radius 1 is 1.13 bits per heavy atom. The Morgan fingerprint density at radius 2 is 1.78 bits per heavy atom.